The third kappa shape index (κ3) is 4.40. The van der Waals surface area contributed by atoms with Crippen LogP contribution in [0.4, 0.5) is 15.8 Å². The number of amidine groups is 1. The predicted octanol–water partition coefficient (Wildman–Crippen LogP) is 4.81. The van der Waals surface area contributed by atoms with Crippen molar-refractivity contribution in [1.82, 2.24) is 5.32 Å². The summed E-state index contributed by atoms with van der Waals surface area (Å²) < 4.78 is 19.0. The summed E-state index contributed by atoms with van der Waals surface area (Å²) in [6, 6.07) is 8.97. The Morgan fingerprint density at radius 2 is 2.20 bits per heavy atom. The summed E-state index contributed by atoms with van der Waals surface area (Å²) >= 11 is 5.91. The quantitative estimate of drug-likeness (QED) is 0.435. The molecular formula is C23H28ClFN4O. The van der Waals surface area contributed by atoms with Gasteiger partial charge in [0.1, 0.15) is 17.4 Å². The molecule has 3 atom stereocenters. The van der Waals surface area contributed by atoms with Crippen molar-refractivity contribution in [2.24, 2.45) is 16.6 Å². The van der Waals surface area contributed by atoms with E-state index >= 15 is 0 Å². The Morgan fingerprint density at radius 3 is 2.87 bits per heavy atom. The molecule has 0 bridgehead atoms. The molecule has 30 heavy (non-hydrogen) atoms. The van der Waals surface area contributed by atoms with E-state index in [9.17, 15) is 4.39 Å². The number of ether oxygens (including phenoxy) is 1. The van der Waals surface area contributed by atoms with Crippen LogP contribution in [0.1, 0.15) is 42.7 Å². The zero-order valence-corrected chi connectivity index (χ0v) is 18.1. The van der Waals surface area contributed by atoms with E-state index in [2.05, 4.69) is 21.7 Å². The maximum Gasteiger partial charge on any atom is 0.141 e. The van der Waals surface area contributed by atoms with E-state index < -0.39 is 5.82 Å². The molecule has 4 N–H and O–H groups in total. The minimum Gasteiger partial charge on any atom is -0.497 e. The number of anilines is 1. The number of hydrogen-bond donors (Lipinski definition) is 3. The van der Waals surface area contributed by atoms with Gasteiger partial charge >= 0.3 is 0 Å². The van der Waals surface area contributed by atoms with Crippen LogP contribution in [0.2, 0.25) is 5.02 Å². The molecule has 0 amide bonds. The molecule has 1 heterocycles. The second-order valence-corrected chi connectivity index (χ2v) is 8.52. The van der Waals surface area contributed by atoms with Crippen LogP contribution in [0.15, 0.2) is 35.3 Å². The monoisotopic (exact) mass is 430 g/mol. The third-order valence-corrected chi connectivity index (χ3v) is 6.42. The molecule has 2 aliphatic rings. The van der Waals surface area contributed by atoms with Gasteiger partial charge in [-0.2, -0.15) is 0 Å². The topological polar surface area (TPSA) is 71.7 Å². The lowest BCUT2D eigenvalue weighted by Crippen LogP contribution is -2.22. The van der Waals surface area contributed by atoms with Crippen LogP contribution in [0.5, 0.6) is 5.75 Å². The molecule has 1 aliphatic carbocycles. The van der Waals surface area contributed by atoms with Crippen molar-refractivity contribution in [1.29, 1.82) is 0 Å². The molecule has 1 aliphatic heterocycles. The van der Waals surface area contributed by atoms with Gasteiger partial charge in [0.15, 0.2) is 0 Å². The molecule has 4 rings (SSSR count). The number of hydrogen-bond acceptors (Lipinski definition) is 4. The largest absolute Gasteiger partial charge is 0.497 e. The first kappa shape index (κ1) is 20.9. The van der Waals surface area contributed by atoms with Gasteiger partial charge < -0.3 is 21.1 Å². The summed E-state index contributed by atoms with van der Waals surface area (Å²) in [6.07, 6.45) is 4.83. The summed E-state index contributed by atoms with van der Waals surface area (Å²) in [6.45, 7) is 1.12. The average Bonchev–Trinajstić information content (AvgIpc) is 3.31. The molecule has 2 aromatic carbocycles. The van der Waals surface area contributed by atoms with Gasteiger partial charge in [0.25, 0.3) is 0 Å². The molecule has 0 radical (unpaired) electrons. The first-order valence-corrected chi connectivity index (χ1v) is 10.8. The van der Waals surface area contributed by atoms with Crippen molar-refractivity contribution in [3.63, 3.8) is 0 Å². The number of halogens is 2. The molecule has 7 heteroatoms. The summed E-state index contributed by atoms with van der Waals surface area (Å²) in [5.74, 6) is 1.75. The van der Waals surface area contributed by atoms with Crippen LogP contribution in [-0.4, -0.2) is 32.6 Å². The van der Waals surface area contributed by atoms with E-state index in [1.165, 1.54) is 31.4 Å². The minimum atomic E-state index is -0.475. The lowest BCUT2D eigenvalue weighted by molar-refractivity contribution is 0.414. The Kier molecular flexibility index (Phi) is 6.16. The van der Waals surface area contributed by atoms with Crippen molar-refractivity contribution in [2.45, 2.75) is 37.6 Å². The number of aliphatic imine (C=N–C) groups is 1. The molecule has 1 saturated heterocycles. The van der Waals surface area contributed by atoms with Crippen LogP contribution >= 0.6 is 11.6 Å². The second-order valence-electron chi connectivity index (χ2n) is 8.12. The van der Waals surface area contributed by atoms with E-state index in [1.807, 2.05) is 13.1 Å². The molecule has 0 aromatic heterocycles. The normalized spacial score (nSPS) is 23.5. The number of nitrogens with zero attached hydrogens (tertiary/aromatic N) is 1. The maximum atomic E-state index is 13.5. The summed E-state index contributed by atoms with van der Waals surface area (Å²) in [4.78, 5) is 4.54. The number of methoxy groups -OCH3 is 1. The average molecular weight is 431 g/mol. The standard InChI is InChI=1S/C23H28ClFN4O/c1-27-21-12-16(30-2)11-18(17-9-13(17)8-14-4-3-7-28-14)22(21)23(26)29-15-5-6-20(25)19(24)10-15/h5-6,10-14,17,27-28H,3-4,7-9H2,1-2H3,(H2,26,29)/t13?,14-,17?/m1/s1. The van der Waals surface area contributed by atoms with Gasteiger partial charge in [0.2, 0.25) is 0 Å². The highest BCUT2D eigenvalue weighted by molar-refractivity contribution is 6.31. The van der Waals surface area contributed by atoms with Gasteiger partial charge in [0.05, 0.1) is 17.8 Å². The molecule has 2 fully saturated rings. The van der Waals surface area contributed by atoms with E-state index in [-0.39, 0.29) is 5.02 Å². The van der Waals surface area contributed by atoms with E-state index in [0.29, 0.717) is 29.4 Å². The van der Waals surface area contributed by atoms with Gasteiger partial charge in [-0.25, -0.2) is 9.38 Å². The van der Waals surface area contributed by atoms with Crippen molar-refractivity contribution < 1.29 is 9.13 Å². The Hall–Kier alpha value is -2.31. The Labute approximate surface area is 181 Å². The summed E-state index contributed by atoms with van der Waals surface area (Å²) in [5, 5.41) is 6.85. The molecule has 1 saturated carbocycles. The van der Waals surface area contributed by atoms with Crippen molar-refractivity contribution in [3.05, 3.63) is 52.3 Å². The SMILES string of the molecule is CNc1cc(OC)cc(C2CC2C[C@H]2CCCN2)c1C(N)=Nc1ccc(F)c(Cl)c1. The molecule has 2 unspecified atom stereocenters. The van der Waals surface area contributed by atoms with E-state index in [4.69, 9.17) is 22.1 Å². The highest BCUT2D eigenvalue weighted by atomic mass is 35.5. The van der Waals surface area contributed by atoms with Gasteiger partial charge in [-0.15, -0.1) is 0 Å². The maximum absolute atomic E-state index is 13.5. The number of nitrogens with two attached hydrogens (primary N) is 1. The van der Waals surface area contributed by atoms with E-state index in [0.717, 1.165) is 35.5 Å². The molecule has 5 nitrogen and oxygen atoms in total. The molecule has 2 aromatic rings. The van der Waals surface area contributed by atoms with Crippen molar-refractivity contribution in [3.8, 4) is 5.75 Å². The van der Waals surface area contributed by atoms with Crippen LogP contribution in [-0.2, 0) is 0 Å². The van der Waals surface area contributed by atoms with E-state index in [1.54, 1.807) is 13.2 Å². The molecular weight excluding hydrogens is 403 g/mol. The smallest absolute Gasteiger partial charge is 0.141 e. The van der Waals surface area contributed by atoms with Crippen molar-refractivity contribution >= 4 is 28.8 Å². The third-order valence-electron chi connectivity index (χ3n) is 6.13. The van der Waals surface area contributed by atoms with Gasteiger partial charge in [-0.3, -0.25) is 0 Å². The lowest BCUT2D eigenvalue weighted by Gasteiger charge is -2.17. The predicted molar refractivity (Wildman–Crippen MR) is 121 cm³/mol. The zero-order chi connectivity index (χ0) is 21.3. The van der Waals surface area contributed by atoms with Gasteiger partial charge in [-0.1, -0.05) is 11.6 Å². The fraction of sp³-hybridized carbons (Fsp3) is 0.435. The highest BCUT2D eigenvalue weighted by Gasteiger charge is 2.42. The van der Waals surface area contributed by atoms with Crippen LogP contribution in [0, 0.1) is 11.7 Å². The van der Waals surface area contributed by atoms with Crippen LogP contribution in [0.3, 0.4) is 0 Å². The second kappa shape index (κ2) is 8.82. The fourth-order valence-corrected chi connectivity index (χ4v) is 4.67. The Bertz CT molecular complexity index is 958. The Balaban J connectivity index is 1.68. The number of rotatable bonds is 7. The number of nitrogens with one attached hydrogen (secondary N) is 2. The molecule has 160 valence electrons. The van der Waals surface area contributed by atoms with Crippen LogP contribution < -0.4 is 21.1 Å². The molecule has 0 spiro atoms. The first-order chi connectivity index (χ1) is 14.5. The summed E-state index contributed by atoms with van der Waals surface area (Å²) in [5.41, 5.74) is 9.89. The number of benzene rings is 2. The highest BCUT2D eigenvalue weighted by Crippen LogP contribution is 2.53. The first-order valence-electron chi connectivity index (χ1n) is 10.4. The van der Waals surface area contributed by atoms with Crippen LogP contribution in [0.25, 0.3) is 0 Å². The van der Waals surface area contributed by atoms with Gasteiger partial charge in [-0.05, 0) is 73.9 Å². The Morgan fingerprint density at radius 1 is 1.37 bits per heavy atom. The zero-order valence-electron chi connectivity index (χ0n) is 17.3. The summed E-state index contributed by atoms with van der Waals surface area (Å²) in [7, 11) is 3.53. The minimum absolute atomic E-state index is 0.0270. The fourth-order valence-electron chi connectivity index (χ4n) is 4.49. The van der Waals surface area contributed by atoms with Crippen molar-refractivity contribution in [2.75, 3.05) is 26.0 Å². The lowest BCUT2D eigenvalue weighted by atomic mass is 9.96. The van der Waals surface area contributed by atoms with Gasteiger partial charge in [0, 0.05) is 30.4 Å².